The van der Waals surface area contributed by atoms with Crippen LogP contribution in [0, 0.1) is 13.8 Å². The molecule has 0 saturated carbocycles. The Morgan fingerprint density at radius 2 is 1.26 bits per heavy atom. The topological polar surface area (TPSA) is 138 Å². The van der Waals surface area contributed by atoms with E-state index in [1.165, 1.54) is 0 Å². The molecule has 214 valence electrons. The Morgan fingerprint density at radius 1 is 0.721 bits per heavy atom. The van der Waals surface area contributed by atoms with Crippen LogP contribution < -0.4 is 10.2 Å². The van der Waals surface area contributed by atoms with Gasteiger partial charge in [0, 0.05) is 45.1 Å². The second-order valence-electron chi connectivity index (χ2n) is 10.7. The first kappa shape index (κ1) is 32.2. The van der Waals surface area contributed by atoms with Gasteiger partial charge in [-0.3, -0.25) is 0 Å². The first-order chi connectivity index (χ1) is 20.0. The van der Waals surface area contributed by atoms with E-state index in [1.54, 1.807) is 6.08 Å². The number of hydrogen-bond donors (Lipinski definition) is 2. The summed E-state index contributed by atoms with van der Waals surface area (Å²) in [7, 11) is 0. The average molecular weight is 601 g/mol. The number of carboxylic acid groups (broad SMARTS) is 2. The quantitative estimate of drug-likeness (QED) is 0.367. The van der Waals surface area contributed by atoms with Crippen LogP contribution in [0.4, 0.5) is 0 Å². The van der Waals surface area contributed by atoms with Crippen LogP contribution in [0.5, 0.6) is 0 Å². The van der Waals surface area contributed by atoms with Crippen molar-refractivity contribution in [2.24, 2.45) is 0 Å². The van der Waals surface area contributed by atoms with Gasteiger partial charge >= 0.3 is 37.7 Å². The second-order valence-corrected chi connectivity index (χ2v) is 10.7. The molecule has 0 spiro atoms. The SMILES string of the molecule is C=CC1=C(C)c2cc3[nH]c(cc4nc(cc5[nH]c(cc1n2)c(C)c5CCC(=O)[O-])C(CCC(=O)[O-])=C4C)c(C)c3C=C.[Ca+2]. The van der Waals surface area contributed by atoms with Gasteiger partial charge in [-0.15, -0.1) is 0 Å². The van der Waals surface area contributed by atoms with Crippen LogP contribution in [0.3, 0.4) is 0 Å². The zero-order valence-corrected chi connectivity index (χ0v) is 27.1. The summed E-state index contributed by atoms with van der Waals surface area (Å²) in [4.78, 5) is 39.7. The molecule has 5 rings (SSSR count). The molecular formula is C34H32CaN4O4. The fraction of sp³-hybridized carbons (Fsp3) is 0.235. The maximum absolute atomic E-state index is 11.4. The maximum atomic E-state index is 11.4. The van der Waals surface area contributed by atoms with Crippen LogP contribution >= 0.6 is 0 Å². The molecule has 2 aliphatic heterocycles. The van der Waals surface area contributed by atoms with E-state index in [9.17, 15) is 19.8 Å². The average Bonchev–Trinajstić information content (AvgIpc) is 3.59. The van der Waals surface area contributed by atoms with Crippen LogP contribution in [-0.4, -0.2) is 69.6 Å². The Hall–Kier alpha value is -3.72. The summed E-state index contributed by atoms with van der Waals surface area (Å²) >= 11 is 0. The molecule has 8 nitrogen and oxygen atoms in total. The monoisotopic (exact) mass is 600 g/mol. The van der Waals surface area contributed by atoms with E-state index in [4.69, 9.17) is 9.97 Å². The van der Waals surface area contributed by atoms with Crippen molar-refractivity contribution in [3.8, 4) is 0 Å². The van der Waals surface area contributed by atoms with Crippen molar-refractivity contribution in [1.29, 1.82) is 0 Å². The largest absolute Gasteiger partial charge is 2.00 e. The minimum atomic E-state index is -1.14. The van der Waals surface area contributed by atoms with Crippen LogP contribution in [0.1, 0.15) is 78.1 Å². The molecule has 43 heavy (non-hydrogen) atoms. The van der Waals surface area contributed by atoms with E-state index in [0.29, 0.717) is 16.9 Å². The third-order valence-corrected chi connectivity index (χ3v) is 8.20. The van der Waals surface area contributed by atoms with E-state index in [2.05, 4.69) is 23.1 Å². The number of carboxylic acids is 2. The zero-order valence-electron chi connectivity index (χ0n) is 24.9. The van der Waals surface area contributed by atoms with Gasteiger partial charge in [0.05, 0.1) is 22.8 Å². The summed E-state index contributed by atoms with van der Waals surface area (Å²) in [6.45, 7) is 15.9. The number of hydrogen-bond acceptors (Lipinski definition) is 6. The molecule has 2 N–H and O–H groups in total. The third kappa shape index (κ3) is 6.18. The molecule has 0 atom stereocenters. The minimum Gasteiger partial charge on any atom is -0.550 e. The van der Waals surface area contributed by atoms with E-state index >= 15 is 0 Å². The number of fused-ring (bicyclic) bond motifs is 8. The van der Waals surface area contributed by atoms with Crippen LogP contribution in [0.2, 0.25) is 0 Å². The Labute approximate surface area is 280 Å². The van der Waals surface area contributed by atoms with Crippen molar-refractivity contribution in [3.63, 3.8) is 0 Å². The standard InChI is InChI=1S/C34H34N4O4.Ca/c1-7-21-17(3)25-13-26-19(5)23(9-11-33(39)40)31(37-26)16-32-24(10-12-34(41)42)20(6)28(38-32)15-30-22(8-2)18(4)27(36-30)14-29(21)35-25;/h7-8,13-16,35,38H,1-2,9-12H2,3-6H3,(H,39,40)(H,41,42);/q;+2/p-2. The summed E-state index contributed by atoms with van der Waals surface area (Å²) < 4.78 is 0. The fourth-order valence-electron chi connectivity index (χ4n) is 5.76. The molecule has 0 amide bonds. The van der Waals surface area contributed by atoms with Gasteiger partial charge in [-0.05, 0) is 111 Å². The summed E-state index contributed by atoms with van der Waals surface area (Å²) in [5.41, 5.74) is 13.3. The summed E-state index contributed by atoms with van der Waals surface area (Å²) in [5.74, 6) is -2.28. The Morgan fingerprint density at radius 3 is 1.91 bits per heavy atom. The van der Waals surface area contributed by atoms with Crippen molar-refractivity contribution < 1.29 is 19.8 Å². The van der Waals surface area contributed by atoms with Gasteiger partial charge in [0.1, 0.15) is 0 Å². The number of nitrogens with zero attached hydrogens (tertiary/aromatic N) is 2. The van der Waals surface area contributed by atoms with E-state index in [-0.39, 0.29) is 63.4 Å². The fourth-order valence-corrected chi connectivity index (χ4v) is 5.76. The molecule has 5 heterocycles. The van der Waals surface area contributed by atoms with Gasteiger partial charge < -0.3 is 29.8 Å². The normalized spacial score (nSPS) is 12.7. The van der Waals surface area contributed by atoms with Gasteiger partial charge in [-0.25, -0.2) is 9.97 Å². The van der Waals surface area contributed by atoms with Crippen molar-refractivity contribution in [2.75, 3.05) is 0 Å². The van der Waals surface area contributed by atoms with Crippen LogP contribution in [0.15, 0.2) is 43.5 Å². The number of rotatable bonds is 8. The number of carbonyl (C=O) groups excluding carboxylic acids is 2. The Kier molecular flexibility index (Phi) is 9.64. The first-order valence-electron chi connectivity index (χ1n) is 13.8. The molecule has 9 heteroatoms. The maximum Gasteiger partial charge on any atom is 2.00 e. The number of aryl methyl sites for hydroxylation is 3. The van der Waals surface area contributed by atoms with Crippen molar-refractivity contribution in [3.05, 3.63) is 88.5 Å². The van der Waals surface area contributed by atoms with E-state index in [1.807, 2.05) is 58.0 Å². The molecule has 2 aliphatic rings. The second kappa shape index (κ2) is 12.9. The molecule has 0 aliphatic carbocycles. The molecule has 0 unspecified atom stereocenters. The van der Waals surface area contributed by atoms with E-state index < -0.39 is 11.9 Å². The van der Waals surface area contributed by atoms with Gasteiger partial charge in [0.2, 0.25) is 0 Å². The van der Waals surface area contributed by atoms with Crippen molar-refractivity contribution in [1.82, 2.24) is 19.9 Å². The molecule has 3 aromatic heterocycles. The summed E-state index contributed by atoms with van der Waals surface area (Å²) in [6, 6.07) is 7.78. The van der Waals surface area contributed by atoms with Gasteiger partial charge in [-0.2, -0.15) is 0 Å². The molecule has 0 radical (unpaired) electrons. The van der Waals surface area contributed by atoms with Gasteiger partial charge in [-0.1, -0.05) is 25.3 Å². The number of carbonyl (C=O) groups is 2. The number of H-pyrrole nitrogens is 2. The number of allylic oxidation sites excluding steroid dienone is 5. The van der Waals surface area contributed by atoms with Crippen molar-refractivity contribution >= 4 is 100 Å². The number of nitrogens with one attached hydrogen (secondary N) is 2. The van der Waals surface area contributed by atoms with Gasteiger partial charge in [0.15, 0.2) is 0 Å². The minimum absolute atomic E-state index is 0. The number of aliphatic carboxylic acids is 2. The number of aromatic nitrogens is 4. The molecular weight excluding hydrogens is 568 g/mol. The number of aromatic amines is 2. The van der Waals surface area contributed by atoms with Gasteiger partial charge in [0.25, 0.3) is 0 Å². The smallest absolute Gasteiger partial charge is 0.550 e. The third-order valence-electron chi connectivity index (χ3n) is 8.20. The van der Waals surface area contributed by atoms with Crippen LogP contribution in [-0.2, 0) is 16.0 Å². The predicted octanol–water partition coefficient (Wildman–Crippen LogP) is 4.45. The molecule has 8 bridgehead atoms. The first-order valence-corrected chi connectivity index (χ1v) is 13.8. The molecule has 3 aromatic rings. The summed E-state index contributed by atoms with van der Waals surface area (Å²) in [6.07, 6.45) is 3.81. The zero-order chi connectivity index (χ0) is 30.3. The molecule has 0 fully saturated rings. The van der Waals surface area contributed by atoms with E-state index in [0.717, 1.165) is 72.5 Å². The Bertz CT molecular complexity index is 1920. The van der Waals surface area contributed by atoms with Crippen LogP contribution in [0.25, 0.3) is 50.4 Å². The molecule has 0 saturated heterocycles. The van der Waals surface area contributed by atoms with Crippen molar-refractivity contribution in [2.45, 2.75) is 53.4 Å². The molecule has 0 aromatic carbocycles. The predicted molar refractivity (Wildman–Crippen MR) is 169 cm³/mol. The Balaban J connectivity index is 0.00000423. The summed E-state index contributed by atoms with van der Waals surface area (Å²) in [5, 5.41) is 22.8.